The molecule has 6 rings (SSSR count). The zero-order valence-electron chi connectivity index (χ0n) is 11.3. The summed E-state index contributed by atoms with van der Waals surface area (Å²) in [5.74, 6) is 1.05. The Morgan fingerprint density at radius 1 is 1.33 bits per heavy atom. The Morgan fingerprint density at radius 3 is 2.71 bits per heavy atom. The second-order valence-corrected chi connectivity index (χ2v) is 7.44. The van der Waals surface area contributed by atoms with Crippen LogP contribution in [0, 0.1) is 11.8 Å². The number of H-pyrrole nitrogens is 1. The lowest BCUT2D eigenvalue weighted by Gasteiger charge is -2.43. The SMILES string of the molecule is O=c1[nH]c2cnc(Cl)nc2n1C12CC3CC(O)(CC3C1)C2. The van der Waals surface area contributed by atoms with Crippen molar-refractivity contribution >= 4 is 22.8 Å². The highest BCUT2D eigenvalue weighted by molar-refractivity contribution is 6.28. The minimum atomic E-state index is -0.605. The third-order valence-electron chi connectivity index (χ3n) is 5.76. The highest BCUT2D eigenvalue weighted by Gasteiger charge is 2.63. The molecule has 6 nitrogen and oxygen atoms in total. The number of fused-ring (bicyclic) bond motifs is 1. The second-order valence-electron chi connectivity index (χ2n) is 7.10. The van der Waals surface area contributed by atoms with Gasteiger partial charge in [0.1, 0.15) is 5.52 Å². The number of halogens is 1. The predicted molar refractivity (Wildman–Crippen MR) is 76.1 cm³/mol. The quantitative estimate of drug-likeness (QED) is 0.781. The fourth-order valence-corrected chi connectivity index (χ4v) is 5.54. The summed E-state index contributed by atoms with van der Waals surface area (Å²) in [5, 5.41) is 10.9. The van der Waals surface area contributed by atoms with Crippen molar-refractivity contribution in [3.05, 3.63) is 22.0 Å². The Morgan fingerprint density at radius 2 is 2.05 bits per heavy atom. The molecule has 2 N–H and O–H groups in total. The lowest BCUT2D eigenvalue weighted by molar-refractivity contribution is -0.0419. The summed E-state index contributed by atoms with van der Waals surface area (Å²) in [6, 6.07) is 0. The van der Waals surface area contributed by atoms with Crippen LogP contribution in [-0.4, -0.2) is 30.2 Å². The first kappa shape index (κ1) is 12.2. The predicted octanol–water partition coefficient (Wildman–Crippen LogP) is 1.42. The van der Waals surface area contributed by atoms with Crippen LogP contribution in [-0.2, 0) is 5.54 Å². The maximum Gasteiger partial charge on any atom is 0.328 e. The zero-order valence-corrected chi connectivity index (χ0v) is 12.1. The molecule has 4 saturated carbocycles. The summed E-state index contributed by atoms with van der Waals surface area (Å²) in [7, 11) is 0. The van der Waals surface area contributed by atoms with E-state index >= 15 is 0 Å². The minimum Gasteiger partial charge on any atom is -0.390 e. The number of imidazole rings is 1. The Hall–Kier alpha value is -1.40. The minimum absolute atomic E-state index is 0.140. The standard InChI is InChI=1S/C14H15ClN4O2/c15-11-16-5-9-10(18-11)19(12(20)17-9)13-1-7-3-14(21,6-13)4-8(7)2-13/h5,7-8,21H,1-4,6H2,(H,17,20). The summed E-state index contributed by atoms with van der Waals surface area (Å²) in [6.45, 7) is 0. The van der Waals surface area contributed by atoms with Crippen molar-refractivity contribution < 1.29 is 5.11 Å². The van der Waals surface area contributed by atoms with Crippen molar-refractivity contribution in [2.24, 2.45) is 11.8 Å². The van der Waals surface area contributed by atoms with Crippen LogP contribution < -0.4 is 5.69 Å². The monoisotopic (exact) mass is 306 g/mol. The number of aromatic nitrogens is 4. The van der Waals surface area contributed by atoms with Gasteiger partial charge in [0.05, 0.1) is 17.3 Å². The van der Waals surface area contributed by atoms with Gasteiger partial charge in [-0.3, -0.25) is 4.57 Å². The molecule has 2 heterocycles. The smallest absolute Gasteiger partial charge is 0.328 e. The fraction of sp³-hybridized carbons (Fsp3) is 0.643. The molecule has 0 radical (unpaired) electrons. The molecule has 0 aliphatic heterocycles. The summed E-state index contributed by atoms with van der Waals surface area (Å²) in [6.07, 6.45) is 5.85. The Balaban J connectivity index is 1.77. The molecule has 4 fully saturated rings. The molecule has 0 spiro atoms. The van der Waals surface area contributed by atoms with E-state index in [1.807, 2.05) is 0 Å². The first-order valence-corrected chi connectivity index (χ1v) is 7.72. The molecular formula is C14H15ClN4O2. The van der Waals surface area contributed by atoms with Crippen molar-refractivity contribution in [2.75, 3.05) is 0 Å². The summed E-state index contributed by atoms with van der Waals surface area (Å²) in [4.78, 5) is 23.5. The molecule has 0 aromatic carbocycles. The highest BCUT2D eigenvalue weighted by Crippen LogP contribution is 2.64. The molecule has 0 amide bonds. The number of aromatic amines is 1. The molecule has 2 aromatic rings. The molecule has 110 valence electrons. The van der Waals surface area contributed by atoms with Gasteiger partial charge in [0, 0.05) is 0 Å². The maximum atomic E-state index is 12.5. The van der Waals surface area contributed by atoms with E-state index in [0.717, 1.165) is 25.7 Å². The third kappa shape index (κ3) is 1.44. The Kier molecular flexibility index (Phi) is 2.03. The number of nitrogens with one attached hydrogen (secondary N) is 1. The number of nitrogens with zero attached hydrogens (tertiary/aromatic N) is 3. The van der Waals surface area contributed by atoms with Crippen LogP contribution >= 0.6 is 11.6 Å². The van der Waals surface area contributed by atoms with Crippen molar-refractivity contribution in [1.29, 1.82) is 0 Å². The normalized spacial score (nSPS) is 40.5. The van der Waals surface area contributed by atoms with Crippen LogP contribution in [0.3, 0.4) is 0 Å². The zero-order chi connectivity index (χ0) is 14.4. The van der Waals surface area contributed by atoms with E-state index in [4.69, 9.17) is 11.6 Å². The maximum absolute atomic E-state index is 12.5. The van der Waals surface area contributed by atoms with Crippen molar-refractivity contribution in [1.82, 2.24) is 19.5 Å². The lowest BCUT2D eigenvalue weighted by Crippen LogP contribution is -2.49. The molecule has 4 aliphatic carbocycles. The van der Waals surface area contributed by atoms with Gasteiger partial charge in [0.2, 0.25) is 5.28 Å². The molecule has 21 heavy (non-hydrogen) atoms. The van der Waals surface area contributed by atoms with Gasteiger partial charge in [-0.25, -0.2) is 9.78 Å². The Labute approximate surface area is 125 Å². The van der Waals surface area contributed by atoms with Crippen LogP contribution in [0.5, 0.6) is 0 Å². The van der Waals surface area contributed by atoms with Gasteiger partial charge < -0.3 is 10.1 Å². The van der Waals surface area contributed by atoms with Crippen molar-refractivity contribution in [2.45, 2.75) is 43.2 Å². The van der Waals surface area contributed by atoms with Gasteiger partial charge in [-0.05, 0) is 55.5 Å². The number of hydrogen-bond acceptors (Lipinski definition) is 4. The van der Waals surface area contributed by atoms with E-state index in [1.54, 1.807) is 10.8 Å². The Bertz CT molecular complexity index is 812. The summed E-state index contributed by atoms with van der Waals surface area (Å²) < 4.78 is 1.74. The molecule has 4 bridgehead atoms. The largest absolute Gasteiger partial charge is 0.390 e. The molecular weight excluding hydrogens is 292 g/mol. The van der Waals surface area contributed by atoms with Crippen LogP contribution in [0.2, 0.25) is 5.28 Å². The second kappa shape index (κ2) is 3.50. The van der Waals surface area contributed by atoms with Crippen molar-refractivity contribution in [3.8, 4) is 0 Å². The number of aliphatic hydroxyl groups is 1. The molecule has 2 unspecified atom stereocenters. The summed E-state index contributed by atoms with van der Waals surface area (Å²) >= 11 is 5.90. The van der Waals surface area contributed by atoms with E-state index in [1.165, 1.54) is 0 Å². The highest BCUT2D eigenvalue weighted by atomic mass is 35.5. The van der Waals surface area contributed by atoms with Crippen LogP contribution in [0.4, 0.5) is 0 Å². The van der Waals surface area contributed by atoms with Gasteiger partial charge in [-0.15, -0.1) is 0 Å². The number of hydrogen-bond donors (Lipinski definition) is 2. The van der Waals surface area contributed by atoms with Gasteiger partial charge >= 0.3 is 5.69 Å². The van der Waals surface area contributed by atoms with E-state index in [-0.39, 0.29) is 16.5 Å². The molecule has 2 atom stereocenters. The topological polar surface area (TPSA) is 83.8 Å². The van der Waals surface area contributed by atoms with Crippen LogP contribution in [0.1, 0.15) is 32.1 Å². The van der Waals surface area contributed by atoms with E-state index in [2.05, 4.69) is 15.0 Å². The van der Waals surface area contributed by atoms with E-state index in [0.29, 0.717) is 29.4 Å². The van der Waals surface area contributed by atoms with Crippen LogP contribution in [0.25, 0.3) is 11.2 Å². The lowest BCUT2D eigenvalue weighted by atomic mass is 9.73. The summed E-state index contributed by atoms with van der Waals surface area (Å²) in [5.41, 5.74) is 0.0744. The average molecular weight is 307 g/mol. The van der Waals surface area contributed by atoms with Gasteiger partial charge in [-0.1, -0.05) is 0 Å². The van der Waals surface area contributed by atoms with Crippen molar-refractivity contribution in [3.63, 3.8) is 0 Å². The van der Waals surface area contributed by atoms with E-state index in [9.17, 15) is 9.90 Å². The molecule has 0 saturated heterocycles. The molecule has 7 heteroatoms. The average Bonchev–Trinajstić information content (AvgIpc) is 2.92. The van der Waals surface area contributed by atoms with Gasteiger partial charge in [0.15, 0.2) is 5.65 Å². The third-order valence-corrected chi connectivity index (χ3v) is 5.95. The first-order valence-electron chi connectivity index (χ1n) is 7.34. The fourth-order valence-electron chi connectivity index (χ4n) is 5.41. The van der Waals surface area contributed by atoms with Crippen LogP contribution in [0.15, 0.2) is 11.0 Å². The van der Waals surface area contributed by atoms with Gasteiger partial charge in [-0.2, -0.15) is 4.98 Å². The van der Waals surface area contributed by atoms with E-state index < -0.39 is 5.60 Å². The van der Waals surface area contributed by atoms with Gasteiger partial charge in [0.25, 0.3) is 0 Å². The number of rotatable bonds is 1. The molecule has 2 aromatic heterocycles. The first-order chi connectivity index (χ1) is 9.98. The molecule has 4 aliphatic rings.